The van der Waals surface area contributed by atoms with Crippen LogP contribution in [-0.4, -0.2) is 189 Å². The van der Waals surface area contributed by atoms with Crippen LogP contribution < -0.4 is 33.6 Å². The van der Waals surface area contributed by atoms with E-state index in [2.05, 4.69) is 10.6 Å². The fourth-order valence-corrected chi connectivity index (χ4v) is 5.55. The highest BCUT2D eigenvalue weighted by atomic mass is 16.7. The van der Waals surface area contributed by atoms with Gasteiger partial charge in [0.05, 0.1) is 24.8 Å². The van der Waals surface area contributed by atoms with E-state index in [0.717, 1.165) is 0 Å². The summed E-state index contributed by atoms with van der Waals surface area (Å²) in [6.45, 7) is -0.849. The second-order valence-corrected chi connectivity index (χ2v) is 11.6. The quantitative estimate of drug-likeness (QED) is 0.0823. The lowest BCUT2D eigenvalue weighted by Gasteiger charge is -2.49. The normalized spacial score (nSPS) is 43.9. The number of hydrogen-bond acceptors (Lipinski definition) is 19. The van der Waals surface area contributed by atoms with E-state index >= 15 is 0 Å². The zero-order valence-electron chi connectivity index (χ0n) is 24.6. The molecule has 1 aliphatic carbocycles. The molecule has 0 aromatic heterocycles. The number of hydrogen-bond donors (Lipinski definition) is 15. The summed E-state index contributed by atoms with van der Waals surface area (Å²) in [5.41, 5.74) is 23.0. The summed E-state index contributed by atoms with van der Waals surface area (Å²) >= 11 is 0. The van der Waals surface area contributed by atoms with E-state index in [1.807, 2.05) is 0 Å². The van der Waals surface area contributed by atoms with Crippen LogP contribution in [0.3, 0.4) is 0 Å². The van der Waals surface area contributed by atoms with Gasteiger partial charge in [-0.05, 0) is 19.4 Å². The van der Waals surface area contributed by atoms with Crippen LogP contribution in [0.5, 0.6) is 0 Å². The number of nitrogens with one attached hydrogen (secondary N) is 2. The molecule has 0 spiro atoms. The van der Waals surface area contributed by atoms with Crippen LogP contribution in [0.15, 0.2) is 0 Å². The molecular weight excluding hydrogens is 608 g/mol. The molecule has 0 bridgehead atoms. The number of carbonyl (C=O) groups excluding carboxylic acids is 1. The molecule has 0 aromatic rings. The summed E-state index contributed by atoms with van der Waals surface area (Å²) in [5.74, 6) is -0.921. The first kappa shape index (κ1) is 38.2. The lowest BCUT2D eigenvalue weighted by molar-refractivity contribution is -0.333. The van der Waals surface area contributed by atoms with Gasteiger partial charge in [-0.15, -0.1) is 0 Å². The molecular formula is C25H50N6O14. The highest BCUT2D eigenvalue weighted by Crippen LogP contribution is 2.32. The van der Waals surface area contributed by atoms with Crippen LogP contribution in [0, 0.1) is 0 Å². The topological polar surface area (TPSA) is 364 Å². The van der Waals surface area contributed by atoms with Crippen molar-refractivity contribution in [2.45, 2.75) is 117 Å². The fourth-order valence-electron chi connectivity index (χ4n) is 5.55. The van der Waals surface area contributed by atoms with Crippen molar-refractivity contribution in [2.75, 3.05) is 32.8 Å². The molecule has 20 nitrogen and oxygen atoms in total. The Morgan fingerprint density at radius 1 is 0.844 bits per heavy atom. The lowest BCUT2D eigenvalue weighted by Crippen LogP contribution is -2.69. The maximum Gasteiger partial charge on any atom is 0.250 e. The van der Waals surface area contributed by atoms with Gasteiger partial charge >= 0.3 is 0 Å². The van der Waals surface area contributed by atoms with E-state index in [-0.39, 0.29) is 26.1 Å². The number of amides is 1. The van der Waals surface area contributed by atoms with Crippen LogP contribution in [0.25, 0.3) is 0 Å². The van der Waals surface area contributed by atoms with E-state index in [1.54, 1.807) is 0 Å². The third-order valence-corrected chi connectivity index (χ3v) is 8.29. The number of ether oxygens (including phenoxy) is 4. The van der Waals surface area contributed by atoms with E-state index in [1.165, 1.54) is 0 Å². The van der Waals surface area contributed by atoms with Gasteiger partial charge in [0.15, 0.2) is 12.6 Å². The zero-order chi connectivity index (χ0) is 33.6. The second-order valence-electron chi connectivity index (χ2n) is 11.6. The minimum Gasteiger partial charge on any atom is -0.394 e. The van der Waals surface area contributed by atoms with Crippen molar-refractivity contribution in [3.63, 3.8) is 0 Å². The number of nitrogens with two attached hydrogens (primary N) is 4. The monoisotopic (exact) mass is 658 g/mol. The molecule has 1 saturated carbocycles. The van der Waals surface area contributed by atoms with Crippen molar-refractivity contribution in [1.29, 1.82) is 0 Å². The number of aliphatic hydroxyl groups excluding tert-OH is 9. The van der Waals surface area contributed by atoms with Crippen LogP contribution in [0.4, 0.5) is 0 Å². The van der Waals surface area contributed by atoms with Crippen LogP contribution in [0.2, 0.25) is 0 Å². The number of rotatable bonds is 14. The summed E-state index contributed by atoms with van der Waals surface area (Å²) in [6.07, 6.45) is -20.8. The van der Waals surface area contributed by atoms with Gasteiger partial charge < -0.3 is 98.5 Å². The Labute approximate surface area is 259 Å². The molecule has 19 N–H and O–H groups in total. The Hall–Kier alpha value is -1.25. The molecule has 3 aliphatic rings. The minimum absolute atomic E-state index is 0.0793. The van der Waals surface area contributed by atoms with Gasteiger partial charge in [-0.3, -0.25) is 4.79 Å². The Morgan fingerprint density at radius 3 is 2.09 bits per heavy atom. The Kier molecular flexibility index (Phi) is 14.6. The molecule has 2 unspecified atom stereocenters. The van der Waals surface area contributed by atoms with Gasteiger partial charge in [-0.25, -0.2) is 0 Å². The molecule has 264 valence electrons. The second kappa shape index (κ2) is 17.2. The van der Waals surface area contributed by atoms with Crippen LogP contribution in [0.1, 0.15) is 12.8 Å². The molecule has 17 atom stereocenters. The SMILES string of the molecule is NCCC(O)CNC[C@H]1O[C@H](OC2[C@@H](N)C[C@@H](NC(=O)[C@@H](O)CN)[C@H](O[C@H]3O[C@H](CO)[C@@H](O)[C@H](N)[C@H]3O)[C@H]2O)[C@H](O)[C@@H](O)[C@@H]1O. The van der Waals surface area contributed by atoms with E-state index in [0.29, 0.717) is 6.42 Å². The summed E-state index contributed by atoms with van der Waals surface area (Å²) < 4.78 is 22.9. The Balaban J connectivity index is 1.80. The van der Waals surface area contributed by atoms with Gasteiger partial charge in [-0.2, -0.15) is 0 Å². The van der Waals surface area contributed by atoms with Crippen molar-refractivity contribution in [3.8, 4) is 0 Å². The molecule has 2 heterocycles. The van der Waals surface area contributed by atoms with Crippen molar-refractivity contribution >= 4 is 5.91 Å². The smallest absolute Gasteiger partial charge is 0.250 e. The van der Waals surface area contributed by atoms with Gasteiger partial charge in [0.2, 0.25) is 5.91 Å². The molecule has 3 rings (SSSR count). The summed E-state index contributed by atoms with van der Waals surface area (Å²) in [4.78, 5) is 12.5. The summed E-state index contributed by atoms with van der Waals surface area (Å²) in [5, 5.41) is 98.6. The molecule has 20 heteroatoms. The molecule has 45 heavy (non-hydrogen) atoms. The predicted octanol–water partition coefficient (Wildman–Crippen LogP) is -9.47. The van der Waals surface area contributed by atoms with E-state index in [9.17, 15) is 50.8 Å². The molecule has 2 aliphatic heterocycles. The summed E-state index contributed by atoms with van der Waals surface area (Å²) in [6, 6.07) is -3.56. The average Bonchev–Trinajstić information content (AvgIpc) is 3.01. The van der Waals surface area contributed by atoms with Crippen molar-refractivity contribution in [1.82, 2.24) is 10.6 Å². The Bertz CT molecular complexity index is 914. The average molecular weight is 659 g/mol. The summed E-state index contributed by atoms with van der Waals surface area (Å²) in [7, 11) is 0. The maximum absolute atomic E-state index is 12.5. The van der Waals surface area contributed by atoms with Crippen LogP contribution in [-0.2, 0) is 23.7 Å². The van der Waals surface area contributed by atoms with E-state index < -0.39 is 123 Å². The van der Waals surface area contributed by atoms with Gasteiger partial charge in [0, 0.05) is 25.7 Å². The highest BCUT2D eigenvalue weighted by molar-refractivity contribution is 5.81. The first-order chi connectivity index (χ1) is 21.2. The zero-order valence-corrected chi connectivity index (χ0v) is 24.6. The third kappa shape index (κ3) is 9.22. The van der Waals surface area contributed by atoms with Gasteiger partial charge in [0.25, 0.3) is 0 Å². The molecule has 1 amide bonds. The van der Waals surface area contributed by atoms with Gasteiger partial charge in [0.1, 0.15) is 67.1 Å². The predicted molar refractivity (Wildman–Crippen MR) is 150 cm³/mol. The van der Waals surface area contributed by atoms with Crippen LogP contribution >= 0.6 is 0 Å². The minimum atomic E-state index is -1.80. The molecule has 3 fully saturated rings. The first-order valence-corrected chi connectivity index (χ1v) is 14.8. The first-order valence-electron chi connectivity index (χ1n) is 14.8. The maximum atomic E-state index is 12.5. The lowest BCUT2D eigenvalue weighted by atomic mass is 9.83. The highest BCUT2D eigenvalue weighted by Gasteiger charge is 2.52. The number of aliphatic hydroxyl groups is 9. The third-order valence-electron chi connectivity index (χ3n) is 8.29. The van der Waals surface area contributed by atoms with Crippen molar-refractivity contribution in [3.05, 3.63) is 0 Å². The molecule has 0 aromatic carbocycles. The Morgan fingerprint density at radius 2 is 1.47 bits per heavy atom. The van der Waals surface area contributed by atoms with Crippen molar-refractivity contribution in [2.24, 2.45) is 22.9 Å². The molecule has 0 radical (unpaired) electrons. The largest absolute Gasteiger partial charge is 0.394 e. The standard InChI is InChI=1S/C25H50N6O14/c26-2-1-8(33)5-30-6-12-16(36)18(38)19(39)25(42-12)44-21-9(28)3-10(31-23(41)11(34)4-27)22(20(21)40)45-24-17(37)14(29)15(35)13(7-32)43-24/h8-22,24-25,30,32-40H,1-7,26-29H2,(H,31,41)/t8?,9-,10+,11-,12+,13+,14-,15+,16+,17+,18-,19+,20-,21?,22-,24+,25+/m0/s1. The van der Waals surface area contributed by atoms with Gasteiger partial charge in [-0.1, -0.05) is 0 Å². The van der Waals surface area contributed by atoms with E-state index in [4.69, 9.17) is 41.9 Å². The molecule has 2 saturated heterocycles. The van der Waals surface area contributed by atoms with Crippen molar-refractivity contribution < 1.29 is 69.7 Å². The fraction of sp³-hybridized carbons (Fsp3) is 0.960. The number of carbonyl (C=O) groups is 1.